The lowest BCUT2D eigenvalue weighted by atomic mass is 10.1. The molecule has 8 nitrogen and oxygen atoms in total. The van der Waals surface area contributed by atoms with Crippen molar-refractivity contribution in [3.8, 4) is 11.4 Å². The predicted molar refractivity (Wildman–Crippen MR) is 115 cm³/mol. The summed E-state index contributed by atoms with van der Waals surface area (Å²) in [6, 6.07) is 13.7. The number of halogens is 1. The Hall–Kier alpha value is -4.01. The summed E-state index contributed by atoms with van der Waals surface area (Å²) in [7, 11) is 3.06. The second kappa shape index (κ2) is 6.76. The normalized spacial score (nSPS) is 11.6. The van der Waals surface area contributed by atoms with E-state index in [1.165, 1.54) is 23.7 Å². The molecule has 3 aromatic heterocycles. The van der Waals surface area contributed by atoms with E-state index in [2.05, 4.69) is 10.2 Å². The van der Waals surface area contributed by atoms with Gasteiger partial charge in [0.25, 0.3) is 5.56 Å². The quantitative estimate of drug-likeness (QED) is 0.450. The molecule has 5 rings (SSSR count). The molecule has 0 aliphatic carbocycles. The number of aromatic nitrogens is 6. The fourth-order valence-corrected chi connectivity index (χ4v) is 3.95. The van der Waals surface area contributed by atoms with Crippen LogP contribution in [-0.4, -0.2) is 28.3 Å². The van der Waals surface area contributed by atoms with Crippen molar-refractivity contribution in [1.29, 1.82) is 0 Å². The highest BCUT2D eigenvalue weighted by Gasteiger charge is 2.24. The van der Waals surface area contributed by atoms with Gasteiger partial charge in [-0.15, -0.1) is 10.2 Å². The minimum Gasteiger partial charge on any atom is -0.298 e. The van der Waals surface area contributed by atoms with Crippen molar-refractivity contribution in [3.05, 3.63) is 86.3 Å². The third kappa shape index (κ3) is 2.73. The number of nitrogens with zero attached hydrogens (tertiary/aromatic N) is 6. The average molecular weight is 418 g/mol. The predicted octanol–water partition coefficient (Wildman–Crippen LogP) is 2.24. The zero-order valence-corrected chi connectivity index (χ0v) is 17.2. The van der Waals surface area contributed by atoms with Crippen LogP contribution < -0.4 is 11.2 Å². The highest BCUT2D eigenvalue weighted by atomic mass is 19.1. The molecule has 3 heterocycles. The second-order valence-corrected chi connectivity index (χ2v) is 7.56. The molecule has 0 atom stereocenters. The zero-order chi connectivity index (χ0) is 21.9. The molecule has 0 fully saturated rings. The summed E-state index contributed by atoms with van der Waals surface area (Å²) in [6.45, 7) is 2.38. The first-order valence-electron chi connectivity index (χ1n) is 9.72. The van der Waals surface area contributed by atoms with Crippen LogP contribution in [0.4, 0.5) is 4.39 Å². The Kier molecular flexibility index (Phi) is 4.14. The van der Waals surface area contributed by atoms with E-state index in [1.54, 1.807) is 28.1 Å². The van der Waals surface area contributed by atoms with Crippen molar-refractivity contribution >= 4 is 16.9 Å². The molecule has 0 spiro atoms. The summed E-state index contributed by atoms with van der Waals surface area (Å²) in [5, 5.41) is 8.64. The Labute approximate surface area is 175 Å². The van der Waals surface area contributed by atoms with Gasteiger partial charge in [0, 0.05) is 19.7 Å². The first-order valence-corrected chi connectivity index (χ1v) is 9.72. The molecule has 0 saturated carbocycles. The van der Waals surface area contributed by atoms with Gasteiger partial charge < -0.3 is 0 Å². The average Bonchev–Trinajstić information content (AvgIpc) is 3.32. The number of fused-ring (bicyclic) bond motifs is 3. The van der Waals surface area contributed by atoms with Gasteiger partial charge in [0.2, 0.25) is 5.78 Å². The van der Waals surface area contributed by atoms with E-state index in [0.717, 1.165) is 15.7 Å². The van der Waals surface area contributed by atoms with Gasteiger partial charge in [-0.05, 0) is 42.3 Å². The summed E-state index contributed by atoms with van der Waals surface area (Å²) in [6.07, 6.45) is 0. The number of aryl methyl sites for hydroxylation is 2. The molecule has 2 aromatic carbocycles. The van der Waals surface area contributed by atoms with Gasteiger partial charge in [0.05, 0.1) is 6.54 Å². The number of rotatable bonds is 3. The lowest BCUT2D eigenvalue weighted by Crippen LogP contribution is -2.37. The molecular weight excluding hydrogens is 399 g/mol. The third-order valence-electron chi connectivity index (χ3n) is 5.67. The molecule has 0 N–H and O–H groups in total. The maximum Gasteiger partial charge on any atom is 0.332 e. The molecular formula is C22H19FN6O2. The van der Waals surface area contributed by atoms with Crippen molar-refractivity contribution in [2.45, 2.75) is 13.5 Å². The van der Waals surface area contributed by atoms with Crippen LogP contribution in [0.1, 0.15) is 11.1 Å². The lowest BCUT2D eigenvalue weighted by molar-refractivity contribution is 0.628. The monoisotopic (exact) mass is 418 g/mol. The van der Waals surface area contributed by atoms with Crippen LogP contribution in [0.15, 0.2) is 58.1 Å². The first-order chi connectivity index (χ1) is 14.9. The van der Waals surface area contributed by atoms with Gasteiger partial charge in [0.15, 0.2) is 17.0 Å². The second-order valence-electron chi connectivity index (χ2n) is 7.56. The van der Waals surface area contributed by atoms with Crippen LogP contribution in [-0.2, 0) is 20.6 Å². The zero-order valence-electron chi connectivity index (χ0n) is 17.2. The SMILES string of the molecule is Cc1ccccc1Cn1c2c(=O)n(C)c(=O)n(C)c2n2c(-c3ccc(F)cc3)nnc12. The molecule has 156 valence electrons. The third-order valence-corrected chi connectivity index (χ3v) is 5.67. The summed E-state index contributed by atoms with van der Waals surface area (Å²) in [5.41, 5.74) is 2.58. The Morgan fingerprint density at radius 1 is 0.935 bits per heavy atom. The number of hydrogen-bond donors (Lipinski definition) is 0. The number of imidazole rings is 1. The van der Waals surface area contributed by atoms with Crippen LogP contribution in [0, 0.1) is 12.7 Å². The van der Waals surface area contributed by atoms with Gasteiger partial charge in [-0.3, -0.25) is 18.5 Å². The maximum absolute atomic E-state index is 13.5. The molecule has 0 bridgehead atoms. The van der Waals surface area contributed by atoms with Crippen LogP contribution >= 0.6 is 0 Å². The highest BCUT2D eigenvalue weighted by molar-refractivity contribution is 5.80. The summed E-state index contributed by atoms with van der Waals surface area (Å²) >= 11 is 0. The van der Waals surface area contributed by atoms with Crippen LogP contribution in [0.25, 0.3) is 28.3 Å². The molecule has 0 saturated heterocycles. The largest absolute Gasteiger partial charge is 0.332 e. The van der Waals surface area contributed by atoms with E-state index in [9.17, 15) is 14.0 Å². The number of hydrogen-bond acceptors (Lipinski definition) is 4. The standard InChI is InChI=1S/C22H19FN6O2/c1-13-6-4-5-7-15(13)12-28-17-19(26(2)22(31)27(3)20(17)30)29-18(24-25-21(28)29)14-8-10-16(23)11-9-14/h4-11H,12H2,1-3H3. The van der Waals surface area contributed by atoms with Gasteiger partial charge in [-0.2, -0.15) is 0 Å². The van der Waals surface area contributed by atoms with Crippen LogP contribution in [0.3, 0.4) is 0 Å². The number of benzene rings is 2. The molecule has 0 radical (unpaired) electrons. The van der Waals surface area contributed by atoms with E-state index in [1.807, 2.05) is 31.2 Å². The van der Waals surface area contributed by atoms with E-state index in [0.29, 0.717) is 34.9 Å². The lowest BCUT2D eigenvalue weighted by Gasteiger charge is -2.09. The molecule has 5 aromatic rings. The van der Waals surface area contributed by atoms with E-state index in [4.69, 9.17) is 0 Å². The minimum absolute atomic E-state index is 0.348. The summed E-state index contributed by atoms with van der Waals surface area (Å²) in [5.74, 6) is 0.482. The maximum atomic E-state index is 13.5. The van der Waals surface area contributed by atoms with Crippen molar-refractivity contribution in [2.75, 3.05) is 0 Å². The van der Waals surface area contributed by atoms with Crippen molar-refractivity contribution in [1.82, 2.24) is 28.3 Å². The van der Waals surface area contributed by atoms with Crippen molar-refractivity contribution < 1.29 is 4.39 Å². The molecule has 0 aliphatic heterocycles. The van der Waals surface area contributed by atoms with Gasteiger partial charge in [0.1, 0.15) is 5.82 Å². The summed E-state index contributed by atoms with van der Waals surface area (Å²) < 4.78 is 19.4. The van der Waals surface area contributed by atoms with Crippen molar-refractivity contribution in [3.63, 3.8) is 0 Å². The molecule has 31 heavy (non-hydrogen) atoms. The smallest absolute Gasteiger partial charge is 0.298 e. The summed E-state index contributed by atoms with van der Waals surface area (Å²) in [4.78, 5) is 25.9. The van der Waals surface area contributed by atoms with Crippen molar-refractivity contribution in [2.24, 2.45) is 14.1 Å². The van der Waals surface area contributed by atoms with Gasteiger partial charge in [-0.1, -0.05) is 24.3 Å². The van der Waals surface area contributed by atoms with Gasteiger partial charge >= 0.3 is 5.69 Å². The molecule has 0 aliphatic rings. The van der Waals surface area contributed by atoms with Gasteiger partial charge in [-0.25, -0.2) is 13.6 Å². The molecule has 0 unspecified atom stereocenters. The van der Waals surface area contributed by atoms with E-state index >= 15 is 0 Å². The topological polar surface area (TPSA) is 79.1 Å². The fourth-order valence-electron chi connectivity index (χ4n) is 3.95. The van der Waals surface area contributed by atoms with E-state index in [-0.39, 0.29) is 5.82 Å². The minimum atomic E-state index is -0.453. The first kappa shape index (κ1) is 19.0. The van der Waals surface area contributed by atoms with E-state index < -0.39 is 11.2 Å². The van der Waals surface area contributed by atoms with Crippen LogP contribution in [0.2, 0.25) is 0 Å². The Balaban J connectivity index is 1.92. The Morgan fingerprint density at radius 3 is 2.35 bits per heavy atom. The van der Waals surface area contributed by atoms with Crippen LogP contribution in [0.5, 0.6) is 0 Å². The molecule has 9 heteroatoms. The Morgan fingerprint density at radius 2 is 1.65 bits per heavy atom. The Bertz CT molecular complexity index is 1590. The molecule has 0 amide bonds. The highest BCUT2D eigenvalue weighted by Crippen LogP contribution is 2.25. The fraction of sp³-hybridized carbons (Fsp3) is 0.182.